The number of hydrogen-bond donors (Lipinski definition) is 3. The number of carbonyl (C=O) groups is 2. The van der Waals surface area contributed by atoms with Crippen molar-refractivity contribution < 1.29 is 19.8 Å². The third kappa shape index (κ3) is 2.45. The second-order valence-corrected chi connectivity index (χ2v) is 3.83. The second-order valence-electron chi connectivity index (χ2n) is 3.83. The minimum atomic E-state index is -1.26. The van der Waals surface area contributed by atoms with Gasteiger partial charge in [0.2, 0.25) is 0 Å². The van der Waals surface area contributed by atoms with Crippen LogP contribution < -0.4 is 5.73 Å². The van der Waals surface area contributed by atoms with E-state index in [1.165, 1.54) is 0 Å². The Balaban J connectivity index is 2.61. The van der Waals surface area contributed by atoms with Crippen molar-refractivity contribution >= 4 is 11.9 Å². The Morgan fingerprint density at radius 2 is 1.50 bits per heavy atom. The summed E-state index contributed by atoms with van der Waals surface area (Å²) in [6, 6.07) is 0.106. The summed E-state index contributed by atoms with van der Waals surface area (Å²) in [4.78, 5) is 21.4. The van der Waals surface area contributed by atoms with E-state index in [1.807, 2.05) is 0 Å². The highest BCUT2D eigenvalue weighted by Gasteiger charge is 2.36. The molecule has 1 aliphatic rings. The van der Waals surface area contributed by atoms with Crippen LogP contribution in [0.4, 0.5) is 0 Å². The minimum absolute atomic E-state index is 0.106. The quantitative estimate of drug-likeness (QED) is 0.570. The van der Waals surface area contributed by atoms with E-state index in [9.17, 15) is 9.59 Å². The number of aliphatic carboxylic acids is 2. The molecule has 0 radical (unpaired) electrons. The Morgan fingerprint density at radius 1 is 1.07 bits per heavy atom. The van der Waals surface area contributed by atoms with Gasteiger partial charge >= 0.3 is 11.9 Å². The van der Waals surface area contributed by atoms with Crippen molar-refractivity contribution in [2.24, 2.45) is 17.6 Å². The molecule has 0 atom stereocenters. The van der Waals surface area contributed by atoms with Gasteiger partial charge in [-0.15, -0.1) is 0 Å². The first-order valence-electron chi connectivity index (χ1n) is 4.73. The second kappa shape index (κ2) is 4.41. The van der Waals surface area contributed by atoms with Gasteiger partial charge in [-0.1, -0.05) is 0 Å². The van der Waals surface area contributed by atoms with Gasteiger partial charge in [0, 0.05) is 6.04 Å². The first-order chi connectivity index (χ1) is 6.52. The van der Waals surface area contributed by atoms with Crippen molar-refractivity contribution in [3.8, 4) is 0 Å². The molecule has 80 valence electrons. The van der Waals surface area contributed by atoms with E-state index in [-0.39, 0.29) is 12.0 Å². The van der Waals surface area contributed by atoms with Crippen LogP contribution in [0.2, 0.25) is 0 Å². The fraction of sp³-hybridized carbons (Fsp3) is 0.778. The zero-order chi connectivity index (χ0) is 10.7. The average Bonchev–Trinajstić information content (AvgIpc) is 2.07. The van der Waals surface area contributed by atoms with Gasteiger partial charge in [-0.3, -0.25) is 9.59 Å². The fourth-order valence-electron chi connectivity index (χ4n) is 1.99. The molecular weight excluding hydrogens is 186 g/mol. The number of hydrogen-bond acceptors (Lipinski definition) is 3. The Morgan fingerprint density at radius 3 is 1.86 bits per heavy atom. The normalized spacial score (nSPS) is 27.6. The SMILES string of the molecule is NC1CCC(C(C(=O)O)C(=O)O)CC1. The van der Waals surface area contributed by atoms with E-state index in [0.29, 0.717) is 12.8 Å². The van der Waals surface area contributed by atoms with Crippen molar-refractivity contribution in [2.45, 2.75) is 31.7 Å². The lowest BCUT2D eigenvalue weighted by molar-refractivity contribution is -0.157. The van der Waals surface area contributed by atoms with Gasteiger partial charge in [-0.25, -0.2) is 0 Å². The van der Waals surface area contributed by atoms with Crippen LogP contribution >= 0.6 is 0 Å². The van der Waals surface area contributed by atoms with E-state index >= 15 is 0 Å². The molecule has 0 spiro atoms. The molecule has 0 bridgehead atoms. The third-order valence-electron chi connectivity index (χ3n) is 2.82. The largest absolute Gasteiger partial charge is 0.481 e. The average molecular weight is 201 g/mol. The molecule has 5 heteroatoms. The lowest BCUT2D eigenvalue weighted by Crippen LogP contribution is -2.36. The van der Waals surface area contributed by atoms with E-state index in [0.717, 1.165) is 12.8 Å². The van der Waals surface area contributed by atoms with E-state index in [1.54, 1.807) is 0 Å². The van der Waals surface area contributed by atoms with Crippen molar-refractivity contribution in [3.05, 3.63) is 0 Å². The Labute approximate surface area is 81.9 Å². The van der Waals surface area contributed by atoms with Gasteiger partial charge in [-0.2, -0.15) is 0 Å². The van der Waals surface area contributed by atoms with Crippen LogP contribution in [-0.4, -0.2) is 28.2 Å². The number of carboxylic acid groups (broad SMARTS) is 2. The van der Waals surface area contributed by atoms with Gasteiger partial charge in [0.1, 0.15) is 0 Å². The van der Waals surface area contributed by atoms with Gasteiger partial charge in [0.25, 0.3) is 0 Å². The molecule has 0 saturated heterocycles. The summed E-state index contributed by atoms with van der Waals surface area (Å²) in [5.74, 6) is -4.00. The molecule has 0 aliphatic heterocycles. The lowest BCUT2D eigenvalue weighted by Gasteiger charge is -2.28. The van der Waals surface area contributed by atoms with E-state index in [4.69, 9.17) is 15.9 Å². The molecule has 1 rings (SSSR count). The van der Waals surface area contributed by atoms with Gasteiger partial charge in [0.15, 0.2) is 5.92 Å². The molecule has 0 unspecified atom stereocenters. The Hall–Kier alpha value is -1.10. The van der Waals surface area contributed by atoms with Crippen molar-refractivity contribution in [2.75, 3.05) is 0 Å². The molecule has 14 heavy (non-hydrogen) atoms. The fourth-order valence-corrected chi connectivity index (χ4v) is 1.99. The standard InChI is InChI=1S/C9H15NO4/c10-6-3-1-5(2-4-6)7(8(11)12)9(13)14/h5-7H,1-4,10H2,(H,11,12)(H,13,14). The van der Waals surface area contributed by atoms with Crippen molar-refractivity contribution in [1.29, 1.82) is 0 Å². The van der Waals surface area contributed by atoms with Gasteiger partial charge < -0.3 is 15.9 Å². The number of nitrogens with two attached hydrogens (primary N) is 1. The van der Waals surface area contributed by atoms with Crippen LogP contribution in [-0.2, 0) is 9.59 Å². The zero-order valence-electron chi connectivity index (χ0n) is 7.85. The molecule has 0 aromatic heterocycles. The van der Waals surface area contributed by atoms with Crippen LogP contribution in [0.15, 0.2) is 0 Å². The molecule has 1 fully saturated rings. The highest BCUT2D eigenvalue weighted by atomic mass is 16.4. The highest BCUT2D eigenvalue weighted by Crippen LogP contribution is 2.29. The summed E-state index contributed by atoms with van der Waals surface area (Å²) < 4.78 is 0. The molecule has 1 saturated carbocycles. The molecule has 4 N–H and O–H groups in total. The summed E-state index contributed by atoms with van der Waals surface area (Å²) in [6.07, 6.45) is 2.65. The maximum Gasteiger partial charge on any atom is 0.318 e. The van der Waals surface area contributed by atoms with Gasteiger partial charge in [-0.05, 0) is 31.6 Å². The number of rotatable bonds is 3. The van der Waals surface area contributed by atoms with Crippen molar-refractivity contribution in [3.63, 3.8) is 0 Å². The summed E-state index contributed by atoms with van der Waals surface area (Å²) in [6.45, 7) is 0. The molecule has 1 aliphatic carbocycles. The van der Waals surface area contributed by atoms with Crippen LogP contribution in [0, 0.1) is 11.8 Å². The van der Waals surface area contributed by atoms with Crippen LogP contribution in [0.25, 0.3) is 0 Å². The van der Waals surface area contributed by atoms with E-state index in [2.05, 4.69) is 0 Å². The highest BCUT2D eigenvalue weighted by molar-refractivity contribution is 5.93. The monoisotopic (exact) mass is 201 g/mol. The molecule has 0 aromatic carbocycles. The first-order valence-corrected chi connectivity index (χ1v) is 4.73. The van der Waals surface area contributed by atoms with E-state index < -0.39 is 17.9 Å². The maximum atomic E-state index is 10.7. The predicted molar refractivity (Wildman–Crippen MR) is 48.7 cm³/mol. The third-order valence-corrected chi connectivity index (χ3v) is 2.82. The molecule has 5 nitrogen and oxygen atoms in total. The van der Waals surface area contributed by atoms with Gasteiger partial charge in [0.05, 0.1) is 0 Å². The Bertz CT molecular complexity index is 219. The summed E-state index contributed by atoms with van der Waals surface area (Å²) in [7, 11) is 0. The summed E-state index contributed by atoms with van der Waals surface area (Å²) >= 11 is 0. The summed E-state index contributed by atoms with van der Waals surface area (Å²) in [5, 5.41) is 17.5. The van der Waals surface area contributed by atoms with Crippen LogP contribution in [0.1, 0.15) is 25.7 Å². The van der Waals surface area contributed by atoms with Crippen LogP contribution in [0.5, 0.6) is 0 Å². The first kappa shape index (κ1) is 11.0. The summed E-state index contributed by atoms with van der Waals surface area (Å²) in [5.41, 5.74) is 5.65. The lowest BCUT2D eigenvalue weighted by atomic mass is 9.78. The van der Waals surface area contributed by atoms with Crippen LogP contribution in [0.3, 0.4) is 0 Å². The number of carboxylic acids is 2. The topological polar surface area (TPSA) is 101 Å². The minimum Gasteiger partial charge on any atom is -0.481 e. The Kier molecular flexibility index (Phi) is 3.46. The zero-order valence-corrected chi connectivity index (χ0v) is 7.85. The molecule has 0 aromatic rings. The molecule has 0 amide bonds. The maximum absolute atomic E-state index is 10.7. The molecule has 0 heterocycles. The smallest absolute Gasteiger partial charge is 0.318 e. The molecular formula is C9H15NO4. The predicted octanol–water partition coefficient (Wildman–Crippen LogP) is 0.289. The van der Waals surface area contributed by atoms with Crippen molar-refractivity contribution in [1.82, 2.24) is 0 Å².